The standard InChI is InChI=1S/4C17H14.2C15H12.C11H10.C6H7N/c1-13-7-5-12-17-15(13)10-6-11-16(17)14-8-3-2-4-9-14;1-13-11-12-16(14-7-3-2-4-8-14)17-10-6-5-9-15(13)17;1-13-7-8-17-12-16(10-9-15(17)11-13)14-5-3-2-4-6-14;1-13-7-8-15-9-10-16(12-17(15)11-13)14-5-3-2-4-6-14;1-11-10-12-6-2-3-8-14(12)15-9-5-4-7-13(11)15;1-11-6-7-14-9-12-4-2-3-5-13(12)10-15(14)8-11;1-9-6-7-10-4-2-3-5-11(10)8-9;1-6-4-2-3-5-7-6/h4*2-12H,1H3;2*2-10H,1H3;2-8H,1H3;2-5H,1H3. The fourth-order valence-corrected chi connectivity index (χ4v) is 15.1. The van der Waals surface area contributed by atoms with E-state index in [4.69, 9.17) is 0 Å². The van der Waals surface area contributed by atoms with Crippen molar-refractivity contribution in [2.45, 2.75) is 55.4 Å². The molecule has 0 aliphatic carbocycles. The third-order valence-electron chi connectivity index (χ3n) is 21.2. The van der Waals surface area contributed by atoms with Gasteiger partial charge in [-0.15, -0.1) is 0 Å². The van der Waals surface area contributed by atoms with Crippen molar-refractivity contribution in [3.8, 4) is 44.5 Å². The number of hydrogen-bond acceptors (Lipinski definition) is 1. The third-order valence-corrected chi connectivity index (χ3v) is 21.2. The fourth-order valence-electron chi connectivity index (χ4n) is 15.1. The van der Waals surface area contributed by atoms with E-state index in [0.29, 0.717) is 0 Å². The largest absolute Gasteiger partial charge is 0.262 e. The Morgan fingerprint density at radius 2 is 0.466 bits per heavy atom. The van der Waals surface area contributed by atoms with Crippen LogP contribution in [0, 0.1) is 55.4 Å². The van der Waals surface area contributed by atoms with Gasteiger partial charge in [-0.1, -0.05) is 423 Å². The molecule has 0 unspecified atom stereocenters. The lowest BCUT2D eigenvalue weighted by Crippen LogP contribution is -1.83. The van der Waals surface area contributed by atoms with Crippen LogP contribution >= 0.6 is 0 Å². The molecule has 562 valence electrons. The van der Waals surface area contributed by atoms with Crippen LogP contribution in [0.4, 0.5) is 0 Å². The summed E-state index contributed by atoms with van der Waals surface area (Å²) in [6.45, 7) is 17.0. The SMILES string of the molecule is Cc1cc2ccccc2c2ccccc12.Cc1ccc(-c2ccccc2)c2ccccc12.Cc1ccc2cc(-c3ccccc3)ccc2c1.Cc1ccc2cc3ccccc3cc2c1.Cc1ccc2ccc(-c3ccccc3)cc2c1.Cc1ccc2ccccc2c1.Cc1cccc2c(-c3ccccc3)cccc12.Cc1ccccn1. The van der Waals surface area contributed by atoms with Gasteiger partial charge in [0.2, 0.25) is 0 Å². The summed E-state index contributed by atoms with van der Waals surface area (Å²) in [5.74, 6) is 0. The highest BCUT2D eigenvalue weighted by molar-refractivity contribution is 6.09. The van der Waals surface area contributed by atoms with Crippen molar-refractivity contribution in [1.82, 2.24) is 4.98 Å². The Morgan fingerprint density at radius 3 is 0.983 bits per heavy atom. The van der Waals surface area contributed by atoms with Crippen LogP contribution in [0.5, 0.6) is 0 Å². The quantitative estimate of drug-likeness (QED) is 0.126. The maximum absolute atomic E-state index is 3.98. The van der Waals surface area contributed by atoms with Gasteiger partial charge in [0.15, 0.2) is 0 Å². The van der Waals surface area contributed by atoms with Crippen LogP contribution in [0.1, 0.15) is 44.6 Å². The van der Waals surface area contributed by atoms with Gasteiger partial charge >= 0.3 is 0 Å². The molecule has 0 atom stereocenters. The van der Waals surface area contributed by atoms with E-state index in [1.165, 1.54) is 180 Å². The second-order valence-electron chi connectivity index (χ2n) is 29.9. The summed E-state index contributed by atoms with van der Waals surface area (Å²) < 4.78 is 0. The molecule has 0 fully saturated rings. The highest BCUT2D eigenvalue weighted by atomic mass is 14.6. The molecule has 0 saturated carbocycles. The Labute approximate surface area is 684 Å². The van der Waals surface area contributed by atoms with Crippen molar-refractivity contribution in [1.29, 1.82) is 0 Å². The smallest absolute Gasteiger partial charge is 0.0372 e. The zero-order valence-electron chi connectivity index (χ0n) is 67.6. The lowest BCUT2D eigenvalue weighted by Gasteiger charge is -2.09. The maximum atomic E-state index is 3.98. The minimum Gasteiger partial charge on any atom is -0.262 e. The molecule has 0 saturated heterocycles. The molecule has 0 amide bonds. The highest BCUT2D eigenvalue weighted by Gasteiger charge is 2.09. The van der Waals surface area contributed by atoms with Gasteiger partial charge in [-0.25, -0.2) is 0 Å². The van der Waals surface area contributed by atoms with Gasteiger partial charge in [0.05, 0.1) is 0 Å². The summed E-state index contributed by atoms with van der Waals surface area (Å²) in [4.78, 5) is 3.98. The van der Waals surface area contributed by atoms with Gasteiger partial charge < -0.3 is 0 Å². The molecule has 0 aliphatic heterocycles. The minimum absolute atomic E-state index is 1.07. The van der Waals surface area contributed by atoms with Gasteiger partial charge in [-0.05, 0) is 250 Å². The van der Waals surface area contributed by atoms with Crippen LogP contribution < -0.4 is 0 Å². The van der Waals surface area contributed by atoms with Crippen LogP contribution in [0.15, 0.2) is 443 Å². The van der Waals surface area contributed by atoms with E-state index >= 15 is 0 Å². The second-order valence-corrected chi connectivity index (χ2v) is 29.9. The summed E-state index contributed by atoms with van der Waals surface area (Å²) in [6, 6.07) is 154. The van der Waals surface area contributed by atoms with Crippen LogP contribution in [-0.2, 0) is 0 Å². The third kappa shape index (κ3) is 20.2. The van der Waals surface area contributed by atoms with Gasteiger partial charge in [0.25, 0.3) is 0 Å². The number of nitrogens with zero attached hydrogens (tertiary/aromatic N) is 1. The molecule has 21 rings (SSSR count). The average Bonchev–Trinajstić information content (AvgIpc) is 0.772. The molecular formula is C115H97N. The average molecular weight is 1490 g/mol. The van der Waals surface area contributed by atoms with Gasteiger partial charge in [0.1, 0.15) is 0 Å². The summed E-state index contributed by atoms with van der Waals surface area (Å²) in [5.41, 5.74) is 20.6. The molecule has 20 aromatic carbocycles. The number of pyridine rings is 1. The molecule has 116 heavy (non-hydrogen) atoms. The van der Waals surface area contributed by atoms with Crippen molar-refractivity contribution in [3.63, 3.8) is 0 Å². The van der Waals surface area contributed by atoms with Crippen LogP contribution in [0.2, 0.25) is 0 Å². The number of hydrogen-bond donors (Lipinski definition) is 0. The monoisotopic (exact) mass is 1490 g/mol. The molecule has 1 nitrogen and oxygen atoms in total. The predicted octanol–water partition coefficient (Wildman–Crippen LogP) is 32.4. The van der Waals surface area contributed by atoms with E-state index in [9.17, 15) is 0 Å². The number of aryl methyl sites for hydroxylation is 8. The Kier molecular flexibility index (Phi) is 26.0. The minimum atomic E-state index is 1.07. The van der Waals surface area contributed by atoms with Gasteiger partial charge in [-0.3, -0.25) is 4.98 Å². The Morgan fingerprint density at radius 1 is 0.147 bits per heavy atom. The first kappa shape index (κ1) is 78.6. The molecule has 1 heterocycles. The topological polar surface area (TPSA) is 12.9 Å². The predicted molar refractivity (Wildman–Crippen MR) is 507 cm³/mol. The van der Waals surface area contributed by atoms with Gasteiger partial charge in [-0.2, -0.15) is 0 Å². The van der Waals surface area contributed by atoms with E-state index in [1.54, 1.807) is 6.20 Å². The first-order chi connectivity index (χ1) is 56.8. The Hall–Kier alpha value is -14.1. The van der Waals surface area contributed by atoms with Gasteiger partial charge in [0, 0.05) is 11.9 Å². The lowest BCUT2D eigenvalue weighted by atomic mass is 9.96. The van der Waals surface area contributed by atoms with Crippen molar-refractivity contribution < 1.29 is 0 Å². The normalized spacial score (nSPS) is 10.6. The molecule has 0 aliphatic rings. The summed E-state index contributed by atoms with van der Waals surface area (Å²) in [7, 11) is 0. The molecule has 0 spiro atoms. The summed E-state index contributed by atoms with van der Waals surface area (Å²) in [5, 5.41) is 23.9. The van der Waals surface area contributed by atoms with Crippen LogP contribution in [0.25, 0.3) is 141 Å². The van der Waals surface area contributed by atoms with E-state index in [0.717, 1.165) is 5.69 Å². The van der Waals surface area contributed by atoms with Crippen molar-refractivity contribution in [2.24, 2.45) is 0 Å². The van der Waals surface area contributed by atoms with E-state index in [1.807, 2.05) is 31.2 Å². The summed E-state index contributed by atoms with van der Waals surface area (Å²) in [6.07, 6.45) is 1.79. The Bertz CT molecular complexity index is 6750. The van der Waals surface area contributed by atoms with Crippen LogP contribution in [-0.4, -0.2) is 4.98 Å². The zero-order chi connectivity index (χ0) is 80.0. The molecule has 1 aromatic heterocycles. The Balaban J connectivity index is 0.000000110. The van der Waals surface area contributed by atoms with Crippen LogP contribution in [0.3, 0.4) is 0 Å². The van der Waals surface area contributed by atoms with Crippen molar-refractivity contribution in [2.75, 3.05) is 0 Å². The number of rotatable bonds is 4. The molecule has 1 heteroatoms. The van der Waals surface area contributed by atoms with E-state index in [2.05, 4.69) is 466 Å². The first-order valence-corrected chi connectivity index (χ1v) is 40.1. The van der Waals surface area contributed by atoms with Crippen molar-refractivity contribution in [3.05, 3.63) is 488 Å². The highest BCUT2D eigenvalue weighted by Crippen LogP contribution is 2.34. The first-order valence-electron chi connectivity index (χ1n) is 40.1. The number of fused-ring (bicyclic) bond motifs is 10. The maximum Gasteiger partial charge on any atom is 0.0372 e. The molecule has 0 bridgehead atoms. The van der Waals surface area contributed by atoms with E-state index < -0.39 is 0 Å². The van der Waals surface area contributed by atoms with Crippen molar-refractivity contribution >= 4 is 97.0 Å². The second kappa shape index (κ2) is 38.4. The number of benzene rings is 20. The zero-order valence-corrected chi connectivity index (χ0v) is 67.6. The molecular weight excluding hydrogens is 1400 g/mol. The van der Waals surface area contributed by atoms with E-state index in [-0.39, 0.29) is 0 Å². The molecule has 21 aromatic rings. The molecule has 0 radical (unpaired) electrons. The lowest BCUT2D eigenvalue weighted by molar-refractivity contribution is 1.20. The fraction of sp³-hybridized carbons (Fsp3) is 0.0696. The number of aromatic nitrogens is 1. The summed E-state index contributed by atoms with van der Waals surface area (Å²) >= 11 is 0. The molecule has 0 N–H and O–H groups in total.